The molecule has 120 valence electrons. The van der Waals surface area contributed by atoms with Crippen LogP contribution in [0.4, 0.5) is 0 Å². The van der Waals surface area contributed by atoms with Gasteiger partial charge >= 0.3 is 0 Å². The van der Waals surface area contributed by atoms with Crippen molar-refractivity contribution in [2.75, 3.05) is 27.3 Å². The fourth-order valence-electron chi connectivity index (χ4n) is 2.81. The van der Waals surface area contributed by atoms with E-state index in [0.717, 1.165) is 31.5 Å². The first-order valence-corrected chi connectivity index (χ1v) is 7.78. The van der Waals surface area contributed by atoms with Gasteiger partial charge in [0, 0.05) is 24.2 Å². The van der Waals surface area contributed by atoms with E-state index in [4.69, 9.17) is 9.47 Å². The number of amides is 1. The normalized spacial score (nSPS) is 16.1. The Bertz CT molecular complexity index is 558. The average molecular weight is 303 g/mol. The number of carbonyl (C=O) groups is 1. The molecule has 0 atom stereocenters. The Labute approximate surface area is 132 Å². The van der Waals surface area contributed by atoms with Crippen molar-refractivity contribution in [2.24, 2.45) is 5.92 Å². The van der Waals surface area contributed by atoms with Crippen molar-refractivity contribution in [1.29, 1.82) is 0 Å². The molecule has 1 aromatic carbocycles. The highest BCUT2D eigenvalue weighted by Gasteiger charge is 2.23. The van der Waals surface area contributed by atoms with E-state index in [-0.39, 0.29) is 5.91 Å². The molecule has 0 unspecified atom stereocenters. The zero-order valence-corrected chi connectivity index (χ0v) is 13.9. The number of piperidine rings is 1. The van der Waals surface area contributed by atoms with Crippen molar-refractivity contribution in [3.05, 3.63) is 29.3 Å². The van der Waals surface area contributed by atoms with Crippen molar-refractivity contribution < 1.29 is 14.3 Å². The van der Waals surface area contributed by atoms with E-state index >= 15 is 0 Å². The predicted molar refractivity (Wildman–Crippen MR) is 88.6 cm³/mol. The van der Waals surface area contributed by atoms with Gasteiger partial charge in [-0.3, -0.25) is 4.79 Å². The summed E-state index contributed by atoms with van der Waals surface area (Å²) in [5.74, 6) is 2.02. The summed E-state index contributed by atoms with van der Waals surface area (Å²) in [6.45, 7) is 5.83. The molecule has 0 spiro atoms. The second-order valence-electron chi connectivity index (χ2n) is 5.78. The van der Waals surface area contributed by atoms with Gasteiger partial charge < -0.3 is 14.4 Å². The van der Waals surface area contributed by atoms with Gasteiger partial charge in [0.15, 0.2) is 11.5 Å². The van der Waals surface area contributed by atoms with Crippen LogP contribution in [0.1, 0.15) is 42.6 Å². The van der Waals surface area contributed by atoms with Gasteiger partial charge in [0.05, 0.1) is 14.2 Å². The molecule has 0 saturated carbocycles. The predicted octanol–water partition coefficient (Wildman–Crippen LogP) is 3.61. The van der Waals surface area contributed by atoms with Crippen LogP contribution >= 0.6 is 0 Å². The van der Waals surface area contributed by atoms with Gasteiger partial charge in [-0.15, -0.1) is 0 Å². The monoisotopic (exact) mass is 303 g/mol. The average Bonchev–Trinajstić information content (AvgIpc) is 2.54. The zero-order valence-electron chi connectivity index (χ0n) is 13.9. The van der Waals surface area contributed by atoms with Gasteiger partial charge in [-0.05, 0) is 37.8 Å². The third-order valence-electron chi connectivity index (χ3n) is 4.17. The van der Waals surface area contributed by atoms with Gasteiger partial charge in [0.2, 0.25) is 0 Å². The highest BCUT2D eigenvalue weighted by Crippen LogP contribution is 2.34. The lowest BCUT2D eigenvalue weighted by molar-refractivity contribution is 0.0697. The summed E-state index contributed by atoms with van der Waals surface area (Å²) in [7, 11) is 3.20. The first-order chi connectivity index (χ1) is 10.6. The van der Waals surface area contributed by atoms with E-state index in [9.17, 15) is 4.79 Å². The molecule has 4 heteroatoms. The molecule has 22 heavy (non-hydrogen) atoms. The van der Waals surface area contributed by atoms with Crippen molar-refractivity contribution in [2.45, 2.75) is 26.7 Å². The van der Waals surface area contributed by atoms with Crippen molar-refractivity contribution in [3.8, 4) is 11.5 Å². The van der Waals surface area contributed by atoms with E-state index in [0.29, 0.717) is 23.0 Å². The third-order valence-corrected chi connectivity index (χ3v) is 4.17. The molecular formula is C18H25NO3. The summed E-state index contributed by atoms with van der Waals surface area (Å²) in [5, 5.41) is 0. The maximum absolute atomic E-state index is 12.7. The number of hydrogen-bond donors (Lipinski definition) is 0. The lowest BCUT2D eigenvalue weighted by Crippen LogP contribution is -2.37. The largest absolute Gasteiger partial charge is 0.493 e. The summed E-state index contributed by atoms with van der Waals surface area (Å²) in [6, 6.07) is 3.65. The smallest absolute Gasteiger partial charge is 0.254 e. The van der Waals surface area contributed by atoms with Crippen molar-refractivity contribution in [3.63, 3.8) is 0 Å². The second kappa shape index (κ2) is 7.34. The topological polar surface area (TPSA) is 38.8 Å². The Hall–Kier alpha value is -1.97. The maximum Gasteiger partial charge on any atom is 0.254 e. The molecule has 1 fully saturated rings. The van der Waals surface area contributed by atoms with Crippen LogP contribution in [0.15, 0.2) is 18.2 Å². The number of carbonyl (C=O) groups excluding carboxylic acids is 1. The van der Waals surface area contributed by atoms with Crippen LogP contribution in [0.25, 0.3) is 6.08 Å². The Morgan fingerprint density at radius 3 is 2.45 bits per heavy atom. The van der Waals surface area contributed by atoms with Crippen molar-refractivity contribution in [1.82, 2.24) is 4.90 Å². The highest BCUT2D eigenvalue weighted by atomic mass is 16.5. The lowest BCUT2D eigenvalue weighted by Gasteiger charge is -2.30. The summed E-state index contributed by atoms with van der Waals surface area (Å²) >= 11 is 0. The summed E-state index contributed by atoms with van der Waals surface area (Å²) in [6.07, 6.45) is 5.99. The van der Waals surface area contributed by atoms with Gasteiger partial charge in [0.1, 0.15) is 0 Å². The summed E-state index contributed by atoms with van der Waals surface area (Å²) < 4.78 is 10.8. The molecular weight excluding hydrogens is 278 g/mol. The molecule has 0 bridgehead atoms. The van der Waals surface area contributed by atoms with E-state index in [1.165, 1.54) is 0 Å². The Kier molecular flexibility index (Phi) is 5.47. The molecule has 0 aliphatic carbocycles. The number of rotatable bonds is 4. The molecule has 1 aliphatic rings. The molecule has 1 aliphatic heterocycles. The lowest BCUT2D eigenvalue weighted by atomic mass is 9.98. The number of allylic oxidation sites excluding steroid dienone is 1. The van der Waals surface area contributed by atoms with Crippen LogP contribution in [0.3, 0.4) is 0 Å². The van der Waals surface area contributed by atoms with Crippen LogP contribution in [-0.4, -0.2) is 38.1 Å². The highest BCUT2D eigenvalue weighted by molar-refractivity contribution is 5.96. The molecule has 1 saturated heterocycles. The van der Waals surface area contributed by atoms with E-state index in [1.807, 2.05) is 30.0 Å². The SMILES string of the molecule is CC=Cc1cc(C(=O)N2CCC(C)CC2)cc(OC)c1OC. The minimum Gasteiger partial charge on any atom is -0.493 e. The Balaban J connectivity index is 2.34. The molecule has 0 aromatic heterocycles. The van der Waals surface area contributed by atoms with Crippen LogP contribution < -0.4 is 9.47 Å². The van der Waals surface area contributed by atoms with Gasteiger partial charge in [-0.2, -0.15) is 0 Å². The molecule has 2 rings (SSSR count). The molecule has 4 nitrogen and oxygen atoms in total. The van der Waals surface area contributed by atoms with E-state index in [1.54, 1.807) is 20.3 Å². The number of hydrogen-bond acceptors (Lipinski definition) is 3. The second-order valence-corrected chi connectivity index (χ2v) is 5.78. The zero-order chi connectivity index (χ0) is 16.1. The van der Waals surface area contributed by atoms with Gasteiger partial charge in [-0.25, -0.2) is 0 Å². The standard InChI is InChI=1S/C18H25NO3/c1-5-6-14-11-15(12-16(21-3)17(14)22-4)18(20)19-9-7-13(2)8-10-19/h5-6,11-13H,7-10H2,1-4H3. The first-order valence-electron chi connectivity index (χ1n) is 7.78. The molecule has 0 radical (unpaired) electrons. The minimum absolute atomic E-state index is 0.0682. The molecule has 1 amide bonds. The van der Waals surface area contributed by atoms with Gasteiger partial charge in [-0.1, -0.05) is 19.1 Å². The fraction of sp³-hybridized carbons (Fsp3) is 0.500. The number of ether oxygens (including phenoxy) is 2. The molecule has 1 aromatic rings. The fourth-order valence-corrected chi connectivity index (χ4v) is 2.81. The molecule has 1 heterocycles. The number of methoxy groups -OCH3 is 2. The van der Waals surface area contributed by atoms with Crippen LogP contribution in [0.5, 0.6) is 11.5 Å². The van der Waals surface area contributed by atoms with Crippen molar-refractivity contribution >= 4 is 12.0 Å². The minimum atomic E-state index is 0.0682. The number of benzene rings is 1. The summed E-state index contributed by atoms with van der Waals surface area (Å²) in [5.41, 5.74) is 1.51. The van der Waals surface area contributed by atoms with Crippen LogP contribution in [0.2, 0.25) is 0 Å². The van der Waals surface area contributed by atoms with Gasteiger partial charge in [0.25, 0.3) is 5.91 Å². The first kappa shape index (κ1) is 16.4. The number of nitrogens with zero attached hydrogens (tertiary/aromatic N) is 1. The van der Waals surface area contributed by atoms with E-state index in [2.05, 4.69) is 6.92 Å². The van der Waals surface area contributed by atoms with Crippen LogP contribution in [0, 0.1) is 5.92 Å². The number of likely N-dealkylation sites (tertiary alicyclic amines) is 1. The van der Waals surface area contributed by atoms with Crippen LogP contribution in [-0.2, 0) is 0 Å². The quantitative estimate of drug-likeness (QED) is 0.853. The molecule has 0 N–H and O–H groups in total. The van der Waals surface area contributed by atoms with E-state index < -0.39 is 0 Å². The Morgan fingerprint density at radius 1 is 1.23 bits per heavy atom. The maximum atomic E-state index is 12.7. The Morgan fingerprint density at radius 2 is 1.91 bits per heavy atom. The third kappa shape index (κ3) is 3.43. The summed E-state index contributed by atoms with van der Waals surface area (Å²) in [4.78, 5) is 14.7.